The van der Waals surface area contributed by atoms with Crippen molar-refractivity contribution in [2.45, 2.75) is 44.4 Å². The van der Waals surface area contributed by atoms with Crippen LogP contribution >= 0.6 is 23.1 Å². The average molecular weight is 470 g/mol. The van der Waals surface area contributed by atoms with Crippen LogP contribution in [0.3, 0.4) is 0 Å². The van der Waals surface area contributed by atoms with Crippen molar-refractivity contribution in [3.05, 3.63) is 63.3 Å². The van der Waals surface area contributed by atoms with Gasteiger partial charge in [-0.05, 0) is 48.4 Å². The first kappa shape index (κ1) is 22.6. The molecule has 0 saturated carbocycles. The summed E-state index contributed by atoms with van der Waals surface area (Å²) in [7, 11) is 1.62. The van der Waals surface area contributed by atoms with E-state index in [1.165, 1.54) is 22.2 Å². The minimum Gasteiger partial charge on any atom is -0.497 e. The van der Waals surface area contributed by atoms with Crippen molar-refractivity contribution in [3.8, 4) is 5.75 Å². The van der Waals surface area contributed by atoms with Gasteiger partial charge in [0, 0.05) is 18.0 Å². The van der Waals surface area contributed by atoms with Crippen LogP contribution in [0.2, 0.25) is 0 Å². The summed E-state index contributed by atoms with van der Waals surface area (Å²) >= 11 is 2.92. The number of ether oxygens (including phenoxy) is 1. The maximum atomic E-state index is 13.3. The number of aromatic nitrogens is 2. The lowest BCUT2D eigenvalue weighted by molar-refractivity contribution is -0.118. The number of hydrogen-bond acceptors (Lipinski definition) is 6. The van der Waals surface area contributed by atoms with E-state index in [1.807, 2.05) is 24.3 Å². The zero-order chi connectivity index (χ0) is 22.7. The standard InChI is InChI=1S/C24H27N3O3S2/c1-4-11-27-23(29)21-18-10-5-15(2)12-19(18)32-22(21)26-24(27)31-14-20(28)25-13-16-6-8-17(30-3)9-7-16/h4,6-9,15H,1,5,10-14H2,2-3H3,(H,25,28). The van der Waals surface area contributed by atoms with Gasteiger partial charge in [0.2, 0.25) is 5.91 Å². The summed E-state index contributed by atoms with van der Waals surface area (Å²) in [5, 5.41) is 4.24. The normalized spacial score (nSPS) is 15.4. The smallest absolute Gasteiger partial charge is 0.263 e. The van der Waals surface area contributed by atoms with Crippen LogP contribution in [0.5, 0.6) is 5.75 Å². The lowest BCUT2D eigenvalue weighted by Crippen LogP contribution is -2.26. The van der Waals surface area contributed by atoms with Crippen molar-refractivity contribution < 1.29 is 9.53 Å². The predicted molar refractivity (Wildman–Crippen MR) is 131 cm³/mol. The van der Waals surface area contributed by atoms with Gasteiger partial charge in [0.05, 0.1) is 18.2 Å². The second kappa shape index (κ2) is 9.92. The molecule has 0 saturated heterocycles. The van der Waals surface area contributed by atoms with Crippen LogP contribution in [-0.2, 0) is 30.7 Å². The predicted octanol–water partition coefficient (Wildman–Crippen LogP) is 4.19. The highest BCUT2D eigenvalue weighted by atomic mass is 32.2. The second-order valence-electron chi connectivity index (χ2n) is 8.04. The Bertz CT molecular complexity index is 1200. The van der Waals surface area contributed by atoms with Crippen LogP contribution in [0.4, 0.5) is 0 Å². The van der Waals surface area contributed by atoms with Gasteiger partial charge in [-0.3, -0.25) is 14.2 Å². The van der Waals surface area contributed by atoms with Crippen LogP contribution < -0.4 is 15.6 Å². The highest BCUT2D eigenvalue weighted by molar-refractivity contribution is 7.99. The van der Waals surface area contributed by atoms with E-state index >= 15 is 0 Å². The molecule has 1 aliphatic carbocycles. The summed E-state index contributed by atoms with van der Waals surface area (Å²) in [5.41, 5.74) is 2.14. The Morgan fingerprint density at radius 2 is 2.19 bits per heavy atom. The van der Waals surface area contributed by atoms with Gasteiger partial charge in [0.15, 0.2) is 5.16 Å². The molecule has 0 fully saturated rings. The fourth-order valence-electron chi connectivity index (χ4n) is 3.93. The molecule has 168 valence electrons. The molecule has 1 amide bonds. The largest absolute Gasteiger partial charge is 0.497 e. The summed E-state index contributed by atoms with van der Waals surface area (Å²) in [6.07, 6.45) is 4.74. The SMILES string of the molecule is C=CCn1c(SCC(=O)NCc2ccc(OC)cc2)nc2sc3c(c2c1=O)CCC(C)C3. The van der Waals surface area contributed by atoms with Gasteiger partial charge in [-0.2, -0.15) is 0 Å². The molecule has 2 heterocycles. The van der Waals surface area contributed by atoms with Gasteiger partial charge in [0.25, 0.3) is 5.56 Å². The zero-order valence-corrected chi connectivity index (χ0v) is 20.0. The molecule has 32 heavy (non-hydrogen) atoms. The number of aryl methyl sites for hydroxylation is 1. The minimum atomic E-state index is -0.107. The van der Waals surface area contributed by atoms with Crippen LogP contribution in [0.15, 0.2) is 46.9 Å². The fourth-order valence-corrected chi connectivity index (χ4v) is 6.19. The van der Waals surface area contributed by atoms with Crippen LogP contribution in [0.1, 0.15) is 29.3 Å². The third-order valence-corrected chi connectivity index (χ3v) is 7.80. The highest BCUT2D eigenvalue weighted by Gasteiger charge is 2.24. The molecular weight excluding hydrogens is 442 g/mol. The Hall–Kier alpha value is -2.58. The highest BCUT2D eigenvalue weighted by Crippen LogP contribution is 2.36. The first-order valence-corrected chi connectivity index (χ1v) is 12.5. The molecule has 1 aliphatic rings. The third kappa shape index (κ3) is 4.76. The van der Waals surface area contributed by atoms with Crippen LogP contribution in [0, 0.1) is 5.92 Å². The van der Waals surface area contributed by atoms with Gasteiger partial charge in [-0.1, -0.05) is 36.9 Å². The molecule has 6 nitrogen and oxygen atoms in total. The van der Waals surface area contributed by atoms with E-state index in [9.17, 15) is 9.59 Å². The van der Waals surface area contributed by atoms with Crippen molar-refractivity contribution in [3.63, 3.8) is 0 Å². The second-order valence-corrected chi connectivity index (χ2v) is 10.1. The monoisotopic (exact) mass is 469 g/mol. The fraction of sp³-hybridized carbons (Fsp3) is 0.375. The van der Waals surface area contributed by atoms with E-state index in [-0.39, 0.29) is 17.2 Å². The van der Waals surface area contributed by atoms with Crippen molar-refractivity contribution >= 4 is 39.2 Å². The number of carbonyl (C=O) groups is 1. The van der Waals surface area contributed by atoms with Crippen molar-refractivity contribution in [2.75, 3.05) is 12.9 Å². The summed E-state index contributed by atoms with van der Waals surface area (Å²) in [6.45, 7) is 6.85. The molecule has 0 radical (unpaired) electrons. The average Bonchev–Trinajstić information content (AvgIpc) is 3.16. The number of rotatable bonds is 8. The number of nitrogens with zero attached hydrogens (tertiary/aromatic N) is 2. The first-order chi connectivity index (χ1) is 15.5. The van der Waals surface area contributed by atoms with E-state index in [4.69, 9.17) is 9.72 Å². The zero-order valence-electron chi connectivity index (χ0n) is 18.3. The molecule has 8 heteroatoms. The maximum absolute atomic E-state index is 13.3. The number of nitrogens with one attached hydrogen (secondary N) is 1. The number of thioether (sulfide) groups is 1. The van der Waals surface area contributed by atoms with E-state index in [0.717, 1.165) is 40.8 Å². The lowest BCUT2D eigenvalue weighted by Gasteiger charge is -2.17. The number of carbonyl (C=O) groups excluding carboxylic acids is 1. The quantitative estimate of drug-likeness (QED) is 0.304. The van der Waals surface area contributed by atoms with Crippen LogP contribution in [0.25, 0.3) is 10.2 Å². The molecule has 1 atom stereocenters. The van der Waals surface area contributed by atoms with Gasteiger partial charge in [-0.25, -0.2) is 4.98 Å². The Morgan fingerprint density at radius 3 is 2.91 bits per heavy atom. The molecule has 1 N–H and O–H groups in total. The summed E-state index contributed by atoms with van der Waals surface area (Å²) in [5.74, 6) is 1.49. The molecular formula is C24H27N3O3S2. The van der Waals surface area contributed by atoms with E-state index in [0.29, 0.717) is 24.2 Å². The Labute approximate surface area is 195 Å². The Balaban J connectivity index is 1.50. The molecule has 2 aromatic heterocycles. The third-order valence-electron chi connectivity index (χ3n) is 5.67. The molecule has 0 bridgehead atoms. The number of hydrogen-bond donors (Lipinski definition) is 1. The van der Waals surface area contributed by atoms with Gasteiger partial charge >= 0.3 is 0 Å². The Kier molecular flexibility index (Phi) is 7.01. The number of allylic oxidation sites excluding steroid dienone is 1. The summed E-state index contributed by atoms with van der Waals surface area (Å²) in [4.78, 5) is 32.6. The first-order valence-electron chi connectivity index (χ1n) is 10.7. The van der Waals surface area contributed by atoms with Gasteiger partial charge in [-0.15, -0.1) is 17.9 Å². The minimum absolute atomic E-state index is 0.0249. The molecule has 0 spiro atoms. The topological polar surface area (TPSA) is 73.2 Å². The molecule has 1 unspecified atom stereocenters. The molecule has 4 rings (SSSR count). The number of fused-ring (bicyclic) bond motifs is 3. The number of amides is 1. The summed E-state index contributed by atoms with van der Waals surface area (Å²) in [6, 6.07) is 7.57. The van der Waals surface area contributed by atoms with Gasteiger partial charge in [0.1, 0.15) is 10.6 Å². The Morgan fingerprint density at radius 1 is 1.41 bits per heavy atom. The van der Waals surface area contributed by atoms with Crippen LogP contribution in [-0.4, -0.2) is 28.3 Å². The molecule has 0 aliphatic heterocycles. The summed E-state index contributed by atoms with van der Waals surface area (Å²) < 4.78 is 6.79. The maximum Gasteiger partial charge on any atom is 0.263 e. The van der Waals surface area contributed by atoms with E-state index in [2.05, 4.69) is 18.8 Å². The number of methoxy groups -OCH3 is 1. The van der Waals surface area contributed by atoms with E-state index in [1.54, 1.807) is 29.1 Å². The van der Waals surface area contributed by atoms with Crippen molar-refractivity contribution in [1.82, 2.24) is 14.9 Å². The number of thiophene rings is 1. The van der Waals surface area contributed by atoms with Gasteiger partial charge < -0.3 is 10.1 Å². The molecule has 1 aromatic carbocycles. The molecule has 3 aromatic rings. The van der Waals surface area contributed by atoms with E-state index < -0.39 is 0 Å². The number of benzene rings is 1. The van der Waals surface area contributed by atoms with Crippen molar-refractivity contribution in [1.29, 1.82) is 0 Å². The van der Waals surface area contributed by atoms with Crippen molar-refractivity contribution in [2.24, 2.45) is 5.92 Å². The lowest BCUT2D eigenvalue weighted by atomic mass is 9.89.